The molecule has 1 aromatic heterocycles. The van der Waals surface area contributed by atoms with Gasteiger partial charge in [-0.25, -0.2) is 9.97 Å². The van der Waals surface area contributed by atoms with Gasteiger partial charge in [0.15, 0.2) is 5.82 Å². The Labute approximate surface area is 230 Å². The summed E-state index contributed by atoms with van der Waals surface area (Å²) in [5.41, 5.74) is 4.25. The van der Waals surface area contributed by atoms with Gasteiger partial charge in [-0.3, -0.25) is 0 Å². The third kappa shape index (κ3) is 8.03. The van der Waals surface area contributed by atoms with Crippen molar-refractivity contribution in [2.75, 3.05) is 0 Å². The second kappa shape index (κ2) is 12.1. The van der Waals surface area contributed by atoms with E-state index in [0.29, 0.717) is 27.0 Å². The molecule has 0 fully saturated rings. The number of aliphatic hydroxyl groups is 1. The Bertz CT molecular complexity index is 1240. The molecule has 3 aromatic carbocycles. The van der Waals surface area contributed by atoms with Gasteiger partial charge in [-0.05, 0) is 70.0 Å². The Kier molecular flexibility index (Phi) is 9.36. The van der Waals surface area contributed by atoms with E-state index in [1.165, 1.54) is 11.1 Å². The molecule has 4 aromatic rings. The molecule has 4 rings (SSSR count). The van der Waals surface area contributed by atoms with Crippen LogP contribution in [0.3, 0.4) is 0 Å². The maximum absolute atomic E-state index is 9.11. The molecule has 0 atom stereocenters. The summed E-state index contributed by atoms with van der Waals surface area (Å²) in [5.74, 6) is 2.27. The Morgan fingerprint density at radius 1 is 0.703 bits per heavy atom. The zero-order valence-corrected chi connectivity index (χ0v) is 23.7. The molecule has 1 heterocycles. The largest absolute Gasteiger partial charge is 0.457 e. The third-order valence-electron chi connectivity index (χ3n) is 5.79. The minimum atomic E-state index is -0.143. The zero-order valence-electron chi connectivity index (χ0n) is 22.2. The molecule has 0 aliphatic carbocycles. The van der Waals surface area contributed by atoms with Crippen LogP contribution in [0.15, 0.2) is 79.1 Å². The monoisotopic (exact) mass is 536 g/mol. The van der Waals surface area contributed by atoms with Gasteiger partial charge in [0.25, 0.3) is 0 Å². The maximum Gasteiger partial charge on any atom is 0.160 e. The summed E-state index contributed by atoms with van der Waals surface area (Å²) >= 11 is 12.0. The van der Waals surface area contributed by atoms with E-state index in [1.807, 2.05) is 24.3 Å². The molecular weight excluding hydrogens is 503 g/mol. The SMILES string of the molecule is CC(C)(C)c1ccc(Oc2ccc(C(C)(C)C)cc2)cc1.OCc1cc(-c2ncccn2)c(Cl)cc1Cl. The van der Waals surface area contributed by atoms with Crippen LogP contribution in [0.5, 0.6) is 11.5 Å². The molecule has 4 nitrogen and oxygen atoms in total. The topological polar surface area (TPSA) is 55.2 Å². The first-order valence-corrected chi connectivity index (χ1v) is 12.9. The molecule has 194 valence electrons. The van der Waals surface area contributed by atoms with Gasteiger partial charge in [0.2, 0.25) is 0 Å². The normalized spacial score (nSPS) is 11.5. The van der Waals surface area contributed by atoms with E-state index in [9.17, 15) is 0 Å². The Morgan fingerprint density at radius 3 is 1.57 bits per heavy atom. The van der Waals surface area contributed by atoms with Crippen LogP contribution in [-0.2, 0) is 17.4 Å². The molecule has 0 aliphatic heterocycles. The quantitative estimate of drug-likeness (QED) is 0.282. The van der Waals surface area contributed by atoms with Crippen LogP contribution in [0.2, 0.25) is 10.0 Å². The first kappa shape index (κ1) is 28.6. The molecule has 0 aliphatic rings. The fourth-order valence-corrected chi connectivity index (χ4v) is 4.03. The number of aliphatic hydroxyl groups excluding tert-OH is 1. The van der Waals surface area contributed by atoms with Gasteiger partial charge in [-0.1, -0.05) is 89.0 Å². The molecular formula is C31H34Cl2N2O2. The fourth-order valence-electron chi connectivity index (χ4n) is 3.51. The Balaban J connectivity index is 0.000000213. The summed E-state index contributed by atoms with van der Waals surface area (Å²) in [4.78, 5) is 8.19. The van der Waals surface area contributed by atoms with Gasteiger partial charge in [-0.2, -0.15) is 0 Å². The summed E-state index contributed by atoms with van der Waals surface area (Å²) in [6.45, 7) is 13.2. The highest BCUT2D eigenvalue weighted by atomic mass is 35.5. The predicted molar refractivity (Wildman–Crippen MR) is 154 cm³/mol. The summed E-state index contributed by atoms with van der Waals surface area (Å²) < 4.78 is 5.91. The number of ether oxygens (including phenoxy) is 1. The van der Waals surface area contributed by atoms with Crippen LogP contribution in [-0.4, -0.2) is 15.1 Å². The molecule has 0 bridgehead atoms. The number of hydrogen-bond donors (Lipinski definition) is 1. The highest BCUT2D eigenvalue weighted by Crippen LogP contribution is 2.31. The summed E-state index contributed by atoms with van der Waals surface area (Å²) in [6, 6.07) is 21.7. The number of aromatic nitrogens is 2. The average Bonchev–Trinajstić information content (AvgIpc) is 2.85. The first-order valence-electron chi connectivity index (χ1n) is 12.1. The standard InChI is InChI=1S/C20H26O.C11H8Cl2N2O/c1-19(2,3)15-7-11-17(12-8-15)21-18-13-9-16(10-14-18)20(4,5)6;12-9-5-10(13)8(4-7(9)6-16)11-14-2-1-3-15-11/h7-14H,1-6H3;1-5,16H,6H2. The predicted octanol–water partition coefficient (Wildman–Crippen LogP) is 9.02. The van der Waals surface area contributed by atoms with E-state index in [-0.39, 0.29) is 17.4 Å². The van der Waals surface area contributed by atoms with Gasteiger partial charge in [0.1, 0.15) is 11.5 Å². The van der Waals surface area contributed by atoms with Crippen LogP contribution in [0.1, 0.15) is 58.2 Å². The summed E-state index contributed by atoms with van der Waals surface area (Å²) in [6.07, 6.45) is 3.26. The number of hydrogen-bond acceptors (Lipinski definition) is 4. The second-order valence-electron chi connectivity index (χ2n) is 10.8. The molecule has 1 N–H and O–H groups in total. The number of benzene rings is 3. The fraction of sp³-hybridized carbons (Fsp3) is 0.290. The van der Waals surface area contributed by atoms with Gasteiger partial charge < -0.3 is 9.84 Å². The molecule has 0 saturated heterocycles. The molecule has 37 heavy (non-hydrogen) atoms. The van der Waals surface area contributed by atoms with E-state index in [0.717, 1.165) is 11.5 Å². The van der Waals surface area contributed by atoms with Crippen LogP contribution < -0.4 is 4.74 Å². The van der Waals surface area contributed by atoms with Crippen LogP contribution >= 0.6 is 23.2 Å². The maximum atomic E-state index is 9.11. The Hall–Kier alpha value is -2.92. The lowest BCUT2D eigenvalue weighted by molar-refractivity contribution is 0.282. The number of rotatable bonds is 4. The van der Waals surface area contributed by atoms with E-state index in [2.05, 4.69) is 75.8 Å². The second-order valence-corrected chi connectivity index (χ2v) is 11.6. The van der Waals surface area contributed by atoms with Crippen molar-refractivity contribution in [1.29, 1.82) is 0 Å². The highest BCUT2D eigenvalue weighted by Gasteiger charge is 2.15. The van der Waals surface area contributed by atoms with Crippen molar-refractivity contribution < 1.29 is 9.84 Å². The minimum absolute atomic E-state index is 0.143. The smallest absolute Gasteiger partial charge is 0.160 e. The van der Waals surface area contributed by atoms with Gasteiger partial charge in [0, 0.05) is 23.0 Å². The van der Waals surface area contributed by atoms with E-state index in [4.69, 9.17) is 33.0 Å². The van der Waals surface area contributed by atoms with Crippen molar-refractivity contribution in [3.63, 3.8) is 0 Å². The van der Waals surface area contributed by atoms with Crippen molar-refractivity contribution >= 4 is 23.2 Å². The van der Waals surface area contributed by atoms with Crippen molar-refractivity contribution in [1.82, 2.24) is 9.97 Å². The van der Waals surface area contributed by atoms with Gasteiger partial charge in [-0.15, -0.1) is 0 Å². The van der Waals surface area contributed by atoms with E-state index >= 15 is 0 Å². The first-order chi connectivity index (χ1) is 17.4. The van der Waals surface area contributed by atoms with E-state index in [1.54, 1.807) is 30.6 Å². The summed E-state index contributed by atoms with van der Waals surface area (Å²) in [5, 5.41) is 10.0. The lowest BCUT2D eigenvalue weighted by Gasteiger charge is -2.20. The van der Waals surface area contributed by atoms with Crippen molar-refractivity contribution in [3.8, 4) is 22.9 Å². The molecule has 0 saturated carbocycles. The van der Waals surface area contributed by atoms with E-state index < -0.39 is 0 Å². The average molecular weight is 538 g/mol. The number of nitrogens with zero attached hydrogens (tertiary/aromatic N) is 2. The zero-order chi connectivity index (χ0) is 27.2. The lowest BCUT2D eigenvalue weighted by Crippen LogP contribution is -2.10. The van der Waals surface area contributed by atoms with Gasteiger partial charge >= 0.3 is 0 Å². The number of halogens is 2. The molecule has 0 unspecified atom stereocenters. The van der Waals surface area contributed by atoms with Crippen molar-refractivity contribution in [2.24, 2.45) is 0 Å². The van der Waals surface area contributed by atoms with Crippen LogP contribution in [0.4, 0.5) is 0 Å². The third-order valence-corrected chi connectivity index (χ3v) is 6.45. The van der Waals surface area contributed by atoms with Crippen LogP contribution in [0.25, 0.3) is 11.4 Å². The lowest BCUT2D eigenvalue weighted by atomic mass is 9.87. The molecule has 0 amide bonds. The molecule has 6 heteroatoms. The van der Waals surface area contributed by atoms with Crippen LogP contribution in [0, 0.1) is 0 Å². The molecule has 0 spiro atoms. The highest BCUT2D eigenvalue weighted by molar-refractivity contribution is 6.36. The van der Waals surface area contributed by atoms with Crippen molar-refractivity contribution in [3.05, 3.63) is 106 Å². The van der Waals surface area contributed by atoms with Gasteiger partial charge in [0.05, 0.1) is 11.6 Å². The Morgan fingerprint density at radius 2 is 1.16 bits per heavy atom. The van der Waals surface area contributed by atoms with Crippen molar-refractivity contribution in [2.45, 2.75) is 59.0 Å². The summed E-state index contributed by atoms with van der Waals surface area (Å²) in [7, 11) is 0. The minimum Gasteiger partial charge on any atom is -0.457 e. The molecule has 0 radical (unpaired) electrons.